The lowest BCUT2D eigenvalue weighted by atomic mass is 9.98. The maximum absolute atomic E-state index is 12.1. The number of carbonyl (C=O) groups excluding carboxylic acids is 1. The molecule has 1 aliphatic rings. The molecule has 0 aromatic heterocycles. The summed E-state index contributed by atoms with van der Waals surface area (Å²) in [5, 5.41) is 2.82. The highest BCUT2D eigenvalue weighted by atomic mass is 32.2. The quantitative estimate of drug-likeness (QED) is 0.509. The number of benzene rings is 1. The lowest BCUT2D eigenvalue weighted by Gasteiger charge is -2.21. The normalized spacial score (nSPS) is 15.3. The van der Waals surface area contributed by atoms with E-state index in [0.717, 1.165) is 19.3 Å². The first kappa shape index (κ1) is 20.4. The van der Waals surface area contributed by atoms with Gasteiger partial charge in [0.15, 0.2) is 0 Å². The second kappa shape index (κ2) is 10.3. The van der Waals surface area contributed by atoms with Crippen LogP contribution in [0.3, 0.4) is 0 Å². The van der Waals surface area contributed by atoms with Crippen LogP contribution in [0.25, 0.3) is 0 Å². The number of rotatable bonds is 9. The minimum atomic E-state index is -3.64. The zero-order valence-corrected chi connectivity index (χ0v) is 15.7. The molecule has 0 unspecified atom stereocenters. The number of terminal acetylenes is 1. The third-order valence-corrected chi connectivity index (χ3v) is 5.72. The zero-order chi connectivity index (χ0) is 18.8. The van der Waals surface area contributed by atoms with Crippen molar-refractivity contribution in [3.63, 3.8) is 0 Å². The predicted octanol–water partition coefficient (Wildman–Crippen LogP) is 2.07. The first-order chi connectivity index (χ1) is 12.5. The Morgan fingerprint density at radius 2 is 1.88 bits per heavy atom. The minimum absolute atomic E-state index is 0.0742. The molecule has 1 saturated carbocycles. The summed E-state index contributed by atoms with van der Waals surface area (Å²) in [4.78, 5) is 12.2. The largest absolute Gasteiger partial charge is 0.378 e. The van der Waals surface area contributed by atoms with Crippen molar-refractivity contribution in [2.45, 2.75) is 49.5 Å². The van der Waals surface area contributed by atoms with Crippen LogP contribution in [0, 0.1) is 12.3 Å². The van der Waals surface area contributed by atoms with Crippen LogP contribution in [-0.2, 0) is 14.8 Å². The predicted molar refractivity (Wildman–Crippen MR) is 100 cm³/mol. The summed E-state index contributed by atoms with van der Waals surface area (Å²) in [7, 11) is -3.64. The molecule has 0 saturated heterocycles. The molecular formula is C19H26N2O4S. The molecule has 1 aromatic rings. The number of ether oxygens (including phenoxy) is 1. The number of sulfonamides is 1. The third kappa shape index (κ3) is 6.45. The summed E-state index contributed by atoms with van der Waals surface area (Å²) in [6, 6.07) is 5.75. The molecule has 2 rings (SSSR count). The Labute approximate surface area is 155 Å². The molecule has 142 valence electrons. The molecule has 6 nitrogen and oxygen atoms in total. The highest BCUT2D eigenvalue weighted by Crippen LogP contribution is 2.20. The maximum Gasteiger partial charge on any atom is 0.251 e. The molecule has 0 spiro atoms. The van der Waals surface area contributed by atoms with Gasteiger partial charge in [0.05, 0.1) is 17.5 Å². The van der Waals surface area contributed by atoms with Gasteiger partial charge in [-0.25, -0.2) is 8.42 Å². The SMILES string of the molecule is C#CCNS(=O)(=O)c1ccc(C(=O)NCCCOC2CCCCC2)cc1. The van der Waals surface area contributed by atoms with E-state index in [1.54, 1.807) is 0 Å². The van der Waals surface area contributed by atoms with Gasteiger partial charge in [0.2, 0.25) is 10.0 Å². The van der Waals surface area contributed by atoms with Gasteiger partial charge in [0.25, 0.3) is 5.91 Å². The van der Waals surface area contributed by atoms with Crippen LogP contribution in [0.4, 0.5) is 0 Å². The van der Waals surface area contributed by atoms with Crippen LogP contribution in [0.15, 0.2) is 29.2 Å². The Kier molecular flexibility index (Phi) is 8.10. The van der Waals surface area contributed by atoms with E-state index in [2.05, 4.69) is 16.0 Å². The smallest absolute Gasteiger partial charge is 0.251 e. The van der Waals surface area contributed by atoms with Crippen LogP contribution < -0.4 is 10.0 Å². The first-order valence-corrected chi connectivity index (χ1v) is 10.4. The monoisotopic (exact) mass is 378 g/mol. The molecular weight excluding hydrogens is 352 g/mol. The van der Waals surface area contributed by atoms with Crippen molar-refractivity contribution < 1.29 is 17.9 Å². The van der Waals surface area contributed by atoms with Gasteiger partial charge in [-0.3, -0.25) is 4.79 Å². The molecule has 0 heterocycles. The molecule has 0 bridgehead atoms. The average molecular weight is 378 g/mol. The second-order valence-corrected chi connectivity index (χ2v) is 8.06. The van der Waals surface area contributed by atoms with Crippen molar-refractivity contribution in [3.8, 4) is 12.3 Å². The number of nitrogens with one attached hydrogen (secondary N) is 2. The Morgan fingerprint density at radius 1 is 1.19 bits per heavy atom. The highest BCUT2D eigenvalue weighted by Gasteiger charge is 2.15. The van der Waals surface area contributed by atoms with Gasteiger partial charge < -0.3 is 10.1 Å². The van der Waals surface area contributed by atoms with Gasteiger partial charge in [0, 0.05) is 18.7 Å². The number of hydrogen-bond acceptors (Lipinski definition) is 4. The van der Waals surface area contributed by atoms with Gasteiger partial charge in [-0.15, -0.1) is 6.42 Å². The van der Waals surface area contributed by atoms with Crippen molar-refractivity contribution >= 4 is 15.9 Å². The lowest BCUT2D eigenvalue weighted by Crippen LogP contribution is -2.26. The highest BCUT2D eigenvalue weighted by molar-refractivity contribution is 7.89. The fourth-order valence-corrected chi connectivity index (χ4v) is 3.80. The Balaban J connectivity index is 1.73. The molecule has 1 amide bonds. The summed E-state index contributed by atoms with van der Waals surface area (Å²) >= 11 is 0. The Morgan fingerprint density at radius 3 is 2.54 bits per heavy atom. The van der Waals surface area contributed by atoms with E-state index in [4.69, 9.17) is 11.2 Å². The van der Waals surface area contributed by atoms with E-state index in [0.29, 0.717) is 24.8 Å². The van der Waals surface area contributed by atoms with Crippen LogP contribution in [0.2, 0.25) is 0 Å². The first-order valence-electron chi connectivity index (χ1n) is 8.96. The number of carbonyl (C=O) groups is 1. The van der Waals surface area contributed by atoms with Gasteiger partial charge in [-0.2, -0.15) is 4.72 Å². The van der Waals surface area contributed by atoms with E-state index >= 15 is 0 Å². The van der Waals surface area contributed by atoms with Crippen molar-refractivity contribution in [1.29, 1.82) is 0 Å². The summed E-state index contributed by atoms with van der Waals surface area (Å²) in [6.07, 6.45) is 12.2. The van der Waals surface area contributed by atoms with Crippen molar-refractivity contribution in [2.24, 2.45) is 0 Å². The number of amides is 1. The van der Waals surface area contributed by atoms with E-state index in [1.165, 1.54) is 43.5 Å². The van der Waals surface area contributed by atoms with Crippen molar-refractivity contribution in [1.82, 2.24) is 10.0 Å². The summed E-state index contributed by atoms with van der Waals surface area (Å²) in [5.74, 6) is 1.98. The molecule has 0 radical (unpaired) electrons. The van der Waals surface area contributed by atoms with Gasteiger partial charge >= 0.3 is 0 Å². The Bertz CT molecular complexity index is 717. The molecule has 0 atom stereocenters. The van der Waals surface area contributed by atoms with Crippen molar-refractivity contribution in [2.75, 3.05) is 19.7 Å². The fraction of sp³-hybridized carbons (Fsp3) is 0.526. The van der Waals surface area contributed by atoms with E-state index in [-0.39, 0.29) is 17.3 Å². The molecule has 0 aliphatic heterocycles. The summed E-state index contributed by atoms with van der Waals surface area (Å²) in [6.45, 7) is 1.09. The summed E-state index contributed by atoms with van der Waals surface area (Å²) in [5.41, 5.74) is 0.411. The van der Waals surface area contributed by atoms with Crippen LogP contribution in [-0.4, -0.2) is 40.1 Å². The second-order valence-electron chi connectivity index (χ2n) is 6.29. The third-order valence-electron chi connectivity index (χ3n) is 4.30. The van der Waals surface area contributed by atoms with E-state index < -0.39 is 10.0 Å². The van der Waals surface area contributed by atoms with Gasteiger partial charge in [-0.05, 0) is 43.5 Å². The van der Waals surface area contributed by atoms with Gasteiger partial charge in [0.1, 0.15) is 0 Å². The Hall–Kier alpha value is -1.88. The molecule has 1 fully saturated rings. The van der Waals surface area contributed by atoms with Gasteiger partial charge in [-0.1, -0.05) is 25.2 Å². The molecule has 7 heteroatoms. The minimum Gasteiger partial charge on any atom is -0.378 e. The van der Waals surface area contributed by atoms with Crippen LogP contribution in [0.1, 0.15) is 48.9 Å². The maximum atomic E-state index is 12.1. The van der Waals surface area contributed by atoms with E-state index in [9.17, 15) is 13.2 Å². The molecule has 1 aromatic carbocycles. The summed E-state index contributed by atoms with van der Waals surface area (Å²) < 4.78 is 31.9. The number of hydrogen-bond donors (Lipinski definition) is 2. The average Bonchev–Trinajstić information content (AvgIpc) is 2.67. The van der Waals surface area contributed by atoms with Crippen molar-refractivity contribution in [3.05, 3.63) is 29.8 Å². The standard InChI is InChI=1S/C19H26N2O4S/c1-2-13-21-26(23,24)18-11-9-16(10-12-18)19(22)20-14-6-15-25-17-7-4-3-5-8-17/h1,9-12,17,21H,3-8,13-15H2,(H,20,22). The fourth-order valence-electron chi connectivity index (χ4n) is 2.86. The molecule has 1 aliphatic carbocycles. The molecule has 2 N–H and O–H groups in total. The lowest BCUT2D eigenvalue weighted by molar-refractivity contribution is 0.0273. The zero-order valence-electron chi connectivity index (χ0n) is 14.9. The molecule has 26 heavy (non-hydrogen) atoms. The van der Waals surface area contributed by atoms with E-state index in [1.807, 2.05) is 0 Å². The van der Waals surface area contributed by atoms with Crippen LogP contribution in [0.5, 0.6) is 0 Å². The topological polar surface area (TPSA) is 84.5 Å². The van der Waals surface area contributed by atoms with Crippen LogP contribution >= 0.6 is 0 Å².